The lowest BCUT2D eigenvalue weighted by atomic mass is 9.60. The number of phenols is 3. The van der Waals surface area contributed by atoms with E-state index in [0.29, 0.717) is 0 Å². The average molecular weight is 539 g/mol. The Balaban J connectivity index is 2.03. The van der Waals surface area contributed by atoms with E-state index in [1.54, 1.807) is 18.2 Å². The summed E-state index contributed by atoms with van der Waals surface area (Å²) in [4.78, 5) is 0. The van der Waals surface area contributed by atoms with Gasteiger partial charge in [0.25, 0.3) is 0 Å². The number of phenolic OH excluding ortho intramolecular Hbond substituents is 3. The first-order chi connectivity index (χ1) is 12.4. The highest BCUT2D eigenvalue weighted by molar-refractivity contribution is 9.11. The van der Waals surface area contributed by atoms with Crippen molar-refractivity contribution in [1.82, 2.24) is 0 Å². The van der Waals surface area contributed by atoms with Gasteiger partial charge in [0.15, 0.2) is 0 Å². The largest absolute Gasteiger partial charge is 0.508 e. The first-order valence-electron chi connectivity index (χ1n) is 7.95. The first-order valence-corrected chi connectivity index (χ1v) is 10.3. The monoisotopic (exact) mass is 536 g/mol. The van der Waals surface area contributed by atoms with E-state index >= 15 is 0 Å². The van der Waals surface area contributed by atoms with Gasteiger partial charge in [0.2, 0.25) is 0 Å². The zero-order chi connectivity index (χ0) is 18.3. The van der Waals surface area contributed by atoms with Crippen molar-refractivity contribution >= 4 is 47.8 Å². The van der Waals surface area contributed by atoms with Gasteiger partial charge in [0.1, 0.15) is 17.2 Å². The minimum absolute atomic E-state index is 0.160. The van der Waals surface area contributed by atoms with Crippen LogP contribution in [0.4, 0.5) is 0 Å². The Labute approximate surface area is 174 Å². The maximum Gasteiger partial charge on any atom is 0.120 e. The Hall–Kier alpha value is -1.50. The predicted octanol–water partition coefficient (Wildman–Crippen LogP) is 6.08. The molecule has 3 aromatic carbocycles. The lowest BCUT2D eigenvalue weighted by Crippen LogP contribution is -2.29. The lowest BCUT2D eigenvalue weighted by Gasteiger charge is -2.44. The van der Waals surface area contributed by atoms with E-state index < -0.39 is 5.92 Å². The van der Waals surface area contributed by atoms with Crippen LogP contribution in [-0.4, -0.2) is 15.3 Å². The number of aromatic hydroxyl groups is 3. The highest BCUT2D eigenvalue weighted by Crippen LogP contribution is 2.64. The van der Waals surface area contributed by atoms with E-state index in [1.807, 2.05) is 18.2 Å². The van der Waals surface area contributed by atoms with Crippen molar-refractivity contribution in [3.05, 3.63) is 83.2 Å². The molecule has 0 spiro atoms. The second-order valence-electron chi connectivity index (χ2n) is 6.55. The minimum Gasteiger partial charge on any atom is -0.508 e. The van der Waals surface area contributed by atoms with Crippen LogP contribution in [0.25, 0.3) is 0 Å². The van der Waals surface area contributed by atoms with Gasteiger partial charge >= 0.3 is 0 Å². The summed E-state index contributed by atoms with van der Waals surface area (Å²) in [7, 11) is 0. The molecule has 0 radical (unpaired) electrons. The molecule has 3 aromatic rings. The molecule has 0 aliphatic heterocycles. The number of benzene rings is 3. The van der Waals surface area contributed by atoms with Crippen LogP contribution in [0.3, 0.4) is 0 Å². The molecule has 0 aromatic heterocycles. The first kappa shape index (κ1) is 16.7. The number of hydrogen-bond donors (Lipinski definition) is 3. The fraction of sp³-hybridized carbons (Fsp3) is 0.100. The molecule has 0 saturated carbocycles. The molecule has 3 N–H and O–H groups in total. The second kappa shape index (κ2) is 5.50. The Bertz CT molecular complexity index is 896. The highest BCUT2D eigenvalue weighted by Gasteiger charge is 2.48. The normalized spacial score (nSPS) is 19.0. The summed E-state index contributed by atoms with van der Waals surface area (Å²) in [5.74, 6) is -0.202. The summed E-state index contributed by atoms with van der Waals surface area (Å²) in [5, 5.41) is 32.0. The number of hydrogen-bond acceptors (Lipinski definition) is 3. The summed E-state index contributed by atoms with van der Waals surface area (Å²) in [6.45, 7) is 0. The van der Waals surface area contributed by atoms with Crippen LogP contribution in [-0.2, 0) is 0 Å². The van der Waals surface area contributed by atoms with Crippen molar-refractivity contribution in [3.8, 4) is 17.2 Å². The third kappa shape index (κ3) is 1.93. The highest BCUT2D eigenvalue weighted by atomic mass is 79.9. The van der Waals surface area contributed by atoms with Gasteiger partial charge in [-0.3, -0.25) is 0 Å². The third-order valence-corrected chi connectivity index (χ3v) is 7.44. The zero-order valence-electron chi connectivity index (χ0n) is 13.1. The molecule has 3 aliphatic carbocycles. The summed E-state index contributed by atoms with van der Waals surface area (Å²) >= 11 is 10.9. The van der Waals surface area contributed by atoms with Crippen molar-refractivity contribution in [2.75, 3.05) is 0 Å². The van der Waals surface area contributed by atoms with E-state index in [0.717, 1.165) is 46.8 Å². The van der Waals surface area contributed by atoms with Crippen molar-refractivity contribution in [1.29, 1.82) is 0 Å². The van der Waals surface area contributed by atoms with E-state index in [9.17, 15) is 15.3 Å². The number of halogens is 3. The summed E-state index contributed by atoms with van der Waals surface area (Å²) < 4.78 is 2.67. The van der Waals surface area contributed by atoms with Crippen LogP contribution >= 0.6 is 47.8 Å². The van der Waals surface area contributed by atoms with Crippen molar-refractivity contribution in [2.24, 2.45) is 0 Å². The van der Waals surface area contributed by atoms with E-state index in [4.69, 9.17) is 0 Å². The van der Waals surface area contributed by atoms with Crippen LogP contribution < -0.4 is 0 Å². The van der Waals surface area contributed by atoms with Crippen LogP contribution in [0.2, 0.25) is 0 Å². The Kier molecular flexibility index (Phi) is 3.53. The zero-order valence-corrected chi connectivity index (χ0v) is 17.9. The molecule has 0 amide bonds. The van der Waals surface area contributed by atoms with Crippen LogP contribution in [0, 0.1) is 0 Å². The Morgan fingerprint density at radius 3 is 1.04 bits per heavy atom. The molecule has 130 valence electrons. The molecule has 26 heavy (non-hydrogen) atoms. The molecule has 2 bridgehead atoms. The fourth-order valence-corrected chi connectivity index (χ4v) is 6.18. The molecular weight excluding hydrogens is 528 g/mol. The number of rotatable bonds is 0. The molecule has 0 heterocycles. The molecule has 3 aliphatic rings. The van der Waals surface area contributed by atoms with E-state index in [1.165, 1.54) is 0 Å². The van der Waals surface area contributed by atoms with E-state index in [2.05, 4.69) is 47.8 Å². The quantitative estimate of drug-likeness (QED) is 0.224. The fourth-order valence-electron chi connectivity index (χ4n) is 4.45. The second-order valence-corrected chi connectivity index (χ2v) is 9.11. The van der Waals surface area contributed by atoms with Gasteiger partial charge in [-0.1, -0.05) is 47.8 Å². The lowest BCUT2D eigenvalue weighted by molar-refractivity contribution is 0.439. The average Bonchev–Trinajstić information content (AvgIpc) is 2.63. The molecule has 0 atom stereocenters. The van der Waals surface area contributed by atoms with Crippen LogP contribution in [0.15, 0.2) is 49.8 Å². The van der Waals surface area contributed by atoms with Crippen molar-refractivity contribution in [3.63, 3.8) is 0 Å². The maximum absolute atomic E-state index is 10.7. The van der Waals surface area contributed by atoms with Gasteiger partial charge in [-0.15, -0.1) is 0 Å². The molecule has 0 unspecified atom stereocenters. The van der Waals surface area contributed by atoms with Gasteiger partial charge in [-0.05, 0) is 53.1 Å². The third-order valence-electron chi connectivity index (χ3n) is 5.36. The van der Waals surface area contributed by atoms with Crippen molar-refractivity contribution in [2.45, 2.75) is 11.8 Å². The summed E-state index contributed by atoms with van der Waals surface area (Å²) in [6.07, 6.45) is 0. The van der Waals surface area contributed by atoms with Crippen LogP contribution in [0.1, 0.15) is 45.2 Å². The Morgan fingerprint density at radius 2 is 0.731 bits per heavy atom. The topological polar surface area (TPSA) is 60.7 Å². The smallest absolute Gasteiger partial charge is 0.120 e. The SMILES string of the molecule is Oc1ccc(Br)c2c1C1c3c(O)ccc(Br)c3C2c2c(Br)ccc(O)c21. The molecule has 0 fully saturated rings. The van der Waals surface area contributed by atoms with E-state index in [-0.39, 0.29) is 23.2 Å². The van der Waals surface area contributed by atoms with Gasteiger partial charge in [-0.25, -0.2) is 0 Å². The molecular formula is C20H11Br3O3. The molecule has 6 rings (SSSR count). The summed E-state index contributed by atoms with van der Waals surface area (Å²) in [5.41, 5.74) is 5.08. The van der Waals surface area contributed by atoms with Gasteiger partial charge in [0.05, 0.1) is 0 Å². The van der Waals surface area contributed by atoms with Crippen LogP contribution in [0.5, 0.6) is 17.2 Å². The van der Waals surface area contributed by atoms with Gasteiger partial charge in [0, 0.05) is 41.9 Å². The molecule has 6 heteroatoms. The summed E-state index contributed by atoms with van der Waals surface area (Å²) in [6, 6.07) is 10.4. The Morgan fingerprint density at radius 1 is 0.462 bits per heavy atom. The predicted molar refractivity (Wildman–Crippen MR) is 109 cm³/mol. The molecule has 0 saturated heterocycles. The maximum atomic E-state index is 10.7. The standard InChI is InChI=1S/C20H11Br3O3/c21-7-1-4-10(24)16-13(7)19-14-8(22)2-5-11(25)17(14)20(16)18-12(26)6-3-9(23)15(18)19/h1-6,19-20,24-26H. The molecule has 3 nitrogen and oxygen atoms in total. The minimum atomic E-state index is -0.451. The van der Waals surface area contributed by atoms with Gasteiger partial charge in [-0.2, -0.15) is 0 Å². The van der Waals surface area contributed by atoms with Gasteiger partial charge < -0.3 is 15.3 Å². The van der Waals surface area contributed by atoms with Crippen molar-refractivity contribution < 1.29 is 15.3 Å².